The van der Waals surface area contributed by atoms with Gasteiger partial charge in [0, 0.05) is 26.2 Å². The van der Waals surface area contributed by atoms with Crippen LogP contribution in [0.2, 0.25) is 0 Å². The second kappa shape index (κ2) is 7.76. The smallest absolute Gasteiger partial charge is 0.227 e. The predicted molar refractivity (Wildman–Crippen MR) is 104 cm³/mol. The summed E-state index contributed by atoms with van der Waals surface area (Å²) in [5.74, 6) is 0.517. The molecule has 0 atom stereocenters. The molecule has 1 fully saturated rings. The molecular weight excluding hydrogens is 340 g/mol. The van der Waals surface area contributed by atoms with E-state index >= 15 is 0 Å². The number of amides is 1. The van der Waals surface area contributed by atoms with Gasteiger partial charge >= 0.3 is 0 Å². The van der Waals surface area contributed by atoms with E-state index < -0.39 is 0 Å². The maximum absolute atomic E-state index is 12.8. The quantitative estimate of drug-likeness (QED) is 0.655. The van der Waals surface area contributed by atoms with E-state index in [1.807, 2.05) is 29.2 Å². The first-order chi connectivity index (χ1) is 13.2. The minimum atomic E-state index is -0.0180. The van der Waals surface area contributed by atoms with Gasteiger partial charge < -0.3 is 9.32 Å². The van der Waals surface area contributed by atoms with Crippen molar-refractivity contribution in [2.45, 2.75) is 6.42 Å². The molecule has 0 radical (unpaired) electrons. The van der Waals surface area contributed by atoms with Gasteiger partial charge in [-0.2, -0.15) is 0 Å². The molecule has 5 heteroatoms. The van der Waals surface area contributed by atoms with Crippen LogP contribution in [0.25, 0.3) is 10.8 Å². The summed E-state index contributed by atoms with van der Waals surface area (Å²) in [7, 11) is 0. The Morgan fingerprint density at radius 2 is 1.67 bits per heavy atom. The van der Waals surface area contributed by atoms with E-state index in [1.54, 1.807) is 12.1 Å². The second-order valence-electron chi connectivity index (χ2n) is 6.87. The van der Waals surface area contributed by atoms with E-state index in [4.69, 9.17) is 4.42 Å². The summed E-state index contributed by atoms with van der Waals surface area (Å²) in [5.41, 5.74) is 1.06. The third-order valence-electron chi connectivity index (χ3n) is 5.11. The first-order valence-electron chi connectivity index (χ1n) is 9.24. The molecule has 0 spiro atoms. The lowest BCUT2D eigenvalue weighted by Crippen LogP contribution is -2.50. The molecule has 4 rings (SSSR count). The average Bonchev–Trinajstić information content (AvgIpc) is 3.24. The van der Waals surface area contributed by atoms with E-state index in [9.17, 15) is 9.59 Å². The average molecular weight is 362 g/mol. The number of benzene rings is 2. The number of fused-ring (bicyclic) bond motifs is 1. The first-order valence-corrected chi connectivity index (χ1v) is 9.24. The van der Waals surface area contributed by atoms with Crippen LogP contribution in [0, 0.1) is 0 Å². The van der Waals surface area contributed by atoms with Crippen LogP contribution >= 0.6 is 0 Å². The van der Waals surface area contributed by atoms with Crippen molar-refractivity contribution in [1.29, 1.82) is 0 Å². The van der Waals surface area contributed by atoms with Gasteiger partial charge in [0.05, 0.1) is 19.2 Å². The Morgan fingerprint density at radius 1 is 0.889 bits per heavy atom. The molecule has 0 N–H and O–H groups in total. The first kappa shape index (κ1) is 17.5. The fourth-order valence-corrected chi connectivity index (χ4v) is 3.59. The van der Waals surface area contributed by atoms with E-state index in [1.165, 1.54) is 6.26 Å². The van der Waals surface area contributed by atoms with Crippen molar-refractivity contribution in [3.63, 3.8) is 0 Å². The van der Waals surface area contributed by atoms with Gasteiger partial charge in [0.15, 0.2) is 5.76 Å². The number of carbonyl (C=O) groups is 2. The molecule has 0 unspecified atom stereocenters. The van der Waals surface area contributed by atoms with Crippen molar-refractivity contribution in [2.75, 3.05) is 32.7 Å². The van der Waals surface area contributed by atoms with Crippen molar-refractivity contribution < 1.29 is 14.0 Å². The van der Waals surface area contributed by atoms with Crippen LogP contribution in [0.4, 0.5) is 0 Å². The summed E-state index contributed by atoms with van der Waals surface area (Å²) < 4.78 is 5.16. The molecule has 1 amide bonds. The van der Waals surface area contributed by atoms with Crippen molar-refractivity contribution in [2.24, 2.45) is 0 Å². The highest BCUT2D eigenvalue weighted by Gasteiger charge is 2.23. The van der Waals surface area contributed by atoms with Gasteiger partial charge in [-0.25, -0.2) is 0 Å². The van der Waals surface area contributed by atoms with Crippen LogP contribution in [-0.2, 0) is 11.2 Å². The highest BCUT2D eigenvalue weighted by molar-refractivity contribution is 5.95. The van der Waals surface area contributed by atoms with Crippen LogP contribution < -0.4 is 0 Å². The molecule has 3 aromatic rings. The van der Waals surface area contributed by atoms with Gasteiger partial charge in [-0.1, -0.05) is 42.5 Å². The van der Waals surface area contributed by atoms with Gasteiger partial charge in [-0.15, -0.1) is 0 Å². The highest BCUT2D eigenvalue weighted by atomic mass is 16.3. The standard InChI is InChI=1S/C22H22N2O3/c25-20(21-9-4-14-27-21)16-23-10-12-24(13-11-23)22(26)15-18-7-3-6-17-5-1-2-8-19(17)18/h1-9,14H,10-13,15-16H2. The van der Waals surface area contributed by atoms with Crippen LogP contribution in [0.1, 0.15) is 16.1 Å². The third-order valence-corrected chi connectivity index (χ3v) is 5.11. The number of nitrogens with zero attached hydrogens (tertiary/aromatic N) is 2. The number of furan rings is 1. The summed E-state index contributed by atoms with van der Waals surface area (Å²) in [6.07, 6.45) is 1.92. The molecule has 1 aliphatic heterocycles. The summed E-state index contributed by atoms with van der Waals surface area (Å²) in [6.45, 7) is 3.03. The number of hydrogen-bond donors (Lipinski definition) is 0. The monoisotopic (exact) mass is 362 g/mol. The van der Waals surface area contributed by atoms with E-state index in [-0.39, 0.29) is 11.7 Å². The van der Waals surface area contributed by atoms with Gasteiger partial charge in [0.1, 0.15) is 0 Å². The largest absolute Gasteiger partial charge is 0.461 e. The minimum absolute atomic E-state index is 0.0180. The molecule has 2 aromatic carbocycles. The molecule has 2 heterocycles. The summed E-state index contributed by atoms with van der Waals surface area (Å²) in [4.78, 5) is 28.9. The van der Waals surface area contributed by atoms with Gasteiger partial charge in [0.25, 0.3) is 0 Å². The molecule has 1 aliphatic rings. The molecule has 5 nitrogen and oxygen atoms in total. The van der Waals surface area contributed by atoms with Crippen LogP contribution in [0.5, 0.6) is 0 Å². The topological polar surface area (TPSA) is 53.8 Å². The molecule has 27 heavy (non-hydrogen) atoms. The fourth-order valence-electron chi connectivity index (χ4n) is 3.59. The summed E-state index contributed by atoms with van der Waals surface area (Å²) >= 11 is 0. The molecule has 1 saturated heterocycles. The maximum Gasteiger partial charge on any atom is 0.227 e. The molecule has 0 bridgehead atoms. The second-order valence-corrected chi connectivity index (χ2v) is 6.87. The zero-order chi connectivity index (χ0) is 18.6. The predicted octanol–water partition coefficient (Wildman–Crippen LogP) is 3.00. The lowest BCUT2D eigenvalue weighted by Gasteiger charge is -2.34. The molecule has 0 saturated carbocycles. The van der Waals surface area contributed by atoms with E-state index in [0.717, 1.165) is 16.3 Å². The van der Waals surface area contributed by atoms with Crippen LogP contribution in [0.3, 0.4) is 0 Å². The van der Waals surface area contributed by atoms with Crippen molar-refractivity contribution >= 4 is 22.5 Å². The number of carbonyl (C=O) groups excluding carboxylic acids is 2. The molecular formula is C22H22N2O3. The Kier molecular flexibility index (Phi) is 5.03. The number of piperazine rings is 1. The molecule has 1 aromatic heterocycles. The Hall–Kier alpha value is -2.92. The Labute approximate surface area is 158 Å². The minimum Gasteiger partial charge on any atom is -0.461 e. The lowest BCUT2D eigenvalue weighted by atomic mass is 10.0. The Morgan fingerprint density at radius 3 is 2.44 bits per heavy atom. The van der Waals surface area contributed by atoms with Crippen LogP contribution in [0.15, 0.2) is 65.3 Å². The summed E-state index contributed by atoms with van der Waals surface area (Å²) in [6, 6.07) is 17.7. The van der Waals surface area contributed by atoms with Crippen LogP contribution in [-0.4, -0.2) is 54.2 Å². The van der Waals surface area contributed by atoms with Crippen molar-refractivity contribution in [3.05, 3.63) is 72.2 Å². The Bertz CT molecular complexity index is 936. The zero-order valence-corrected chi connectivity index (χ0v) is 15.1. The van der Waals surface area contributed by atoms with E-state index in [0.29, 0.717) is 44.9 Å². The number of Topliss-reactive ketones (excluding diaryl/α,β-unsaturated/α-hetero) is 1. The molecule has 0 aliphatic carbocycles. The van der Waals surface area contributed by atoms with Crippen molar-refractivity contribution in [1.82, 2.24) is 9.80 Å². The molecule has 138 valence electrons. The van der Waals surface area contributed by atoms with Gasteiger partial charge in [0.2, 0.25) is 11.7 Å². The number of ketones is 1. The van der Waals surface area contributed by atoms with Gasteiger partial charge in [-0.3, -0.25) is 14.5 Å². The summed E-state index contributed by atoms with van der Waals surface area (Å²) in [5, 5.41) is 2.29. The maximum atomic E-state index is 12.8. The SMILES string of the molecule is O=C(CN1CCN(C(=O)Cc2cccc3ccccc23)CC1)c1ccco1. The van der Waals surface area contributed by atoms with Gasteiger partial charge in [-0.05, 0) is 28.5 Å². The lowest BCUT2D eigenvalue weighted by molar-refractivity contribution is -0.132. The third kappa shape index (κ3) is 3.93. The normalized spacial score (nSPS) is 15.2. The van der Waals surface area contributed by atoms with E-state index in [2.05, 4.69) is 23.1 Å². The Balaban J connectivity index is 1.34. The van der Waals surface area contributed by atoms with Crippen molar-refractivity contribution in [3.8, 4) is 0 Å². The highest BCUT2D eigenvalue weighted by Crippen LogP contribution is 2.20. The number of rotatable bonds is 5. The number of hydrogen-bond acceptors (Lipinski definition) is 4. The fraction of sp³-hybridized carbons (Fsp3) is 0.273. The zero-order valence-electron chi connectivity index (χ0n) is 15.1.